The number of carbonyl (C=O) groups excluding carboxylic acids is 3. The molecule has 1 amide bonds. The second-order valence-corrected chi connectivity index (χ2v) is 11.9. The Kier molecular flexibility index (Phi) is 7.87. The lowest BCUT2D eigenvalue weighted by Crippen LogP contribution is -2.29. The van der Waals surface area contributed by atoms with E-state index in [1.165, 1.54) is 47.2 Å². The molecule has 3 aromatic carbocycles. The molecule has 43 heavy (non-hydrogen) atoms. The number of ketones is 1. The number of aromatic nitrogens is 2. The van der Waals surface area contributed by atoms with Gasteiger partial charge in [0.25, 0.3) is 5.78 Å². The number of carbonyl (C=O) groups is 3. The SMILES string of the molecule is COC(=O)c1ccc(C2/C(=C(\O)c3ccc4c(c3)OCCO4)C(=O)C(=O)N2c2nnc(SCc3ccc(C)cc3)s2)cc1. The fourth-order valence-electron chi connectivity index (χ4n) is 4.80. The number of hydrogen-bond donors (Lipinski definition) is 1. The minimum atomic E-state index is -1.04. The number of aliphatic hydroxyl groups is 1. The summed E-state index contributed by atoms with van der Waals surface area (Å²) >= 11 is 2.64. The van der Waals surface area contributed by atoms with Crippen LogP contribution in [0.2, 0.25) is 0 Å². The number of aryl methyl sites for hydroxylation is 1. The number of aliphatic hydroxyl groups excluding tert-OH is 1. The summed E-state index contributed by atoms with van der Waals surface area (Å²) in [5.74, 6) is -1.05. The van der Waals surface area contributed by atoms with Crippen LogP contribution in [0, 0.1) is 6.92 Å². The molecule has 1 atom stereocenters. The van der Waals surface area contributed by atoms with Gasteiger partial charge >= 0.3 is 11.9 Å². The first-order chi connectivity index (χ1) is 20.8. The fourth-order valence-corrected chi connectivity index (χ4v) is 6.62. The first-order valence-electron chi connectivity index (χ1n) is 13.2. The van der Waals surface area contributed by atoms with Crippen LogP contribution in [-0.2, 0) is 20.1 Å². The summed E-state index contributed by atoms with van der Waals surface area (Å²) in [4.78, 5) is 40.4. The highest BCUT2D eigenvalue weighted by molar-refractivity contribution is 8.00. The molecule has 0 spiro atoms. The lowest BCUT2D eigenvalue weighted by Gasteiger charge is -2.23. The Morgan fingerprint density at radius 1 is 1.00 bits per heavy atom. The van der Waals surface area contributed by atoms with Crippen molar-refractivity contribution in [1.82, 2.24) is 10.2 Å². The summed E-state index contributed by atoms with van der Waals surface area (Å²) in [5, 5.41) is 20.2. The molecule has 2 aliphatic rings. The second-order valence-electron chi connectivity index (χ2n) is 9.77. The summed E-state index contributed by atoms with van der Waals surface area (Å²) in [6.07, 6.45) is 0. The summed E-state index contributed by atoms with van der Waals surface area (Å²) < 4.78 is 16.6. The number of fused-ring (bicyclic) bond motifs is 1. The lowest BCUT2D eigenvalue weighted by atomic mass is 9.94. The van der Waals surface area contributed by atoms with Gasteiger partial charge in [-0.25, -0.2) is 4.79 Å². The highest BCUT2D eigenvalue weighted by Crippen LogP contribution is 2.45. The number of nitrogens with zero attached hydrogens (tertiary/aromatic N) is 3. The molecule has 3 heterocycles. The molecule has 218 valence electrons. The third kappa shape index (κ3) is 5.58. The van der Waals surface area contributed by atoms with Crippen LogP contribution in [0.5, 0.6) is 11.5 Å². The van der Waals surface area contributed by atoms with Gasteiger partial charge in [-0.15, -0.1) is 10.2 Å². The van der Waals surface area contributed by atoms with E-state index in [0.717, 1.165) is 11.1 Å². The predicted molar refractivity (Wildman–Crippen MR) is 161 cm³/mol. The van der Waals surface area contributed by atoms with E-state index in [9.17, 15) is 19.5 Å². The number of benzene rings is 3. The van der Waals surface area contributed by atoms with Crippen molar-refractivity contribution in [1.29, 1.82) is 0 Å². The first-order valence-corrected chi connectivity index (χ1v) is 15.1. The molecular formula is C31H25N3O7S2. The second kappa shape index (κ2) is 11.9. The van der Waals surface area contributed by atoms with Gasteiger partial charge in [-0.1, -0.05) is 65.1 Å². The van der Waals surface area contributed by atoms with Crippen molar-refractivity contribution in [3.63, 3.8) is 0 Å². The molecule has 0 aliphatic carbocycles. The minimum absolute atomic E-state index is 0.128. The van der Waals surface area contributed by atoms with Gasteiger partial charge in [0.2, 0.25) is 5.13 Å². The van der Waals surface area contributed by atoms with Crippen molar-refractivity contribution in [3.05, 3.63) is 100 Å². The number of thioether (sulfide) groups is 1. The van der Waals surface area contributed by atoms with E-state index >= 15 is 0 Å². The van der Waals surface area contributed by atoms with E-state index in [1.54, 1.807) is 30.3 Å². The van der Waals surface area contributed by atoms with Crippen LogP contribution in [0.3, 0.4) is 0 Å². The van der Waals surface area contributed by atoms with Crippen LogP contribution in [0.1, 0.15) is 38.7 Å². The molecule has 1 saturated heterocycles. The van der Waals surface area contributed by atoms with Crippen molar-refractivity contribution in [2.75, 3.05) is 25.2 Å². The minimum Gasteiger partial charge on any atom is -0.507 e. The van der Waals surface area contributed by atoms with E-state index in [0.29, 0.717) is 45.9 Å². The number of methoxy groups -OCH3 is 1. The number of amides is 1. The number of ether oxygens (including phenoxy) is 3. The van der Waals surface area contributed by atoms with Crippen LogP contribution >= 0.6 is 23.1 Å². The standard InChI is InChI=1S/C31H25N3O7S2/c1-17-3-5-18(6-4-17)16-42-31-33-32-30(43-31)34-25(19-7-9-20(10-8-19)29(38)39-2)24(27(36)28(34)37)26(35)21-11-12-22-23(15-21)41-14-13-40-22/h3-12,15,25,35H,13-14,16H2,1-2H3/b26-24+. The number of rotatable bonds is 7. The third-order valence-electron chi connectivity index (χ3n) is 6.99. The van der Waals surface area contributed by atoms with E-state index in [4.69, 9.17) is 14.2 Å². The molecule has 0 saturated carbocycles. The van der Waals surface area contributed by atoms with Crippen LogP contribution in [0.25, 0.3) is 5.76 Å². The monoisotopic (exact) mass is 615 g/mol. The number of Topliss-reactive ketones (excluding diaryl/α,β-unsaturated/α-hetero) is 1. The fraction of sp³-hybridized carbons (Fsp3) is 0.194. The lowest BCUT2D eigenvalue weighted by molar-refractivity contribution is -0.132. The summed E-state index contributed by atoms with van der Waals surface area (Å²) in [6.45, 7) is 2.77. The maximum atomic E-state index is 13.6. The molecule has 1 fully saturated rings. The molecule has 1 unspecified atom stereocenters. The topological polar surface area (TPSA) is 128 Å². The quantitative estimate of drug-likeness (QED) is 0.0728. The van der Waals surface area contributed by atoms with Crippen LogP contribution < -0.4 is 14.4 Å². The molecule has 4 aromatic rings. The Morgan fingerprint density at radius 2 is 1.70 bits per heavy atom. The average Bonchev–Trinajstić information content (AvgIpc) is 3.61. The van der Waals surface area contributed by atoms with Crippen molar-refractivity contribution in [2.24, 2.45) is 0 Å². The molecule has 1 N–H and O–H groups in total. The molecule has 2 aliphatic heterocycles. The van der Waals surface area contributed by atoms with E-state index in [-0.39, 0.29) is 22.0 Å². The van der Waals surface area contributed by atoms with Gasteiger partial charge in [-0.3, -0.25) is 14.5 Å². The Balaban J connectivity index is 1.39. The number of anilines is 1. The molecule has 1 aromatic heterocycles. The van der Waals surface area contributed by atoms with Crippen molar-refractivity contribution in [2.45, 2.75) is 23.1 Å². The van der Waals surface area contributed by atoms with Gasteiger partial charge in [0, 0.05) is 11.3 Å². The molecular weight excluding hydrogens is 590 g/mol. The van der Waals surface area contributed by atoms with Crippen molar-refractivity contribution >= 4 is 51.6 Å². The molecule has 0 radical (unpaired) electrons. The summed E-state index contributed by atoms with van der Waals surface area (Å²) in [6, 6.07) is 18.2. The molecule has 10 nitrogen and oxygen atoms in total. The van der Waals surface area contributed by atoms with Gasteiger partial charge < -0.3 is 19.3 Å². The Labute approximate surface area is 254 Å². The van der Waals surface area contributed by atoms with Crippen molar-refractivity contribution < 1.29 is 33.7 Å². The van der Waals surface area contributed by atoms with Crippen LogP contribution in [0.15, 0.2) is 76.6 Å². The average molecular weight is 616 g/mol. The molecule has 0 bridgehead atoms. The first kappa shape index (κ1) is 28.4. The van der Waals surface area contributed by atoms with E-state index in [2.05, 4.69) is 10.2 Å². The maximum absolute atomic E-state index is 13.6. The molecule has 12 heteroatoms. The zero-order valence-electron chi connectivity index (χ0n) is 23.1. The highest BCUT2D eigenvalue weighted by Gasteiger charge is 2.48. The normalized spacial score (nSPS) is 17.3. The van der Waals surface area contributed by atoms with Gasteiger partial charge in [0.1, 0.15) is 19.0 Å². The third-order valence-corrected chi connectivity index (χ3v) is 9.12. The Bertz CT molecular complexity index is 1750. The zero-order chi connectivity index (χ0) is 30.1. The number of hydrogen-bond acceptors (Lipinski definition) is 11. The Morgan fingerprint density at radius 3 is 2.42 bits per heavy atom. The van der Waals surface area contributed by atoms with Gasteiger partial charge in [0.15, 0.2) is 15.8 Å². The Hall–Kier alpha value is -4.68. The smallest absolute Gasteiger partial charge is 0.337 e. The van der Waals surface area contributed by atoms with Crippen LogP contribution in [-0.4, -0.2) is 53.3 Å². The molecule has 6 rings (SSSR count). The maximum Gasteiger partial charge on any atom is 0.337 e. The zero-order valence-corrected chi connectivity index (χ0v) is 24.7. The van der Waals surface area contributed by atoms with E-state index in [1.807, 2.05) is 31.2 Å². The van der Waals surface area contributed by atoms with Crippen LogP contribution in [0.4, 0.5) is 5.13 Å². The van der Waals surface area contributed by atoms with E-state index < -0.39 is 23.7 Å². The van der Waals surface area contributed by atoms with Gasteiger partial charge in [0.05, 0.1) is 24.3 Å². The van der Waals surface area contributed by atoms with Gasteiger partial charge in [-0.2, -0.15) is 0 Å². The van der Waals surface area contributed by atoms with Crippen molar-refractivity contribution in [3.8, 4) is 11.5 Å². The van der Waals surface area contributed by atoms with Gasteiger partial charge in [-0.05, 0) is 48.4 Å². The largest absolute Gasteiger partial charge is 0.507 e. The summed E-state index contributed by atoms with van der Waals surface area (Å²) in [7, 11) is 1.28. The summed E-state index contributed by atoms with van der Waals surface area (Å²) in [5.41, 5.74) is 3.20. The predicted octanol–water partition coefficient (Wildman–Crippen LogP) is 5.32. The number of esters is 1. The highest BCUT2D eigenvalue weighted by atomic mass is 32.2.